The molecule has 0 heterocycles. The van der Waals surface area contributed by atoms with Crippen molar-refractivity contribution in [3.8, 4) is 11.5 Å². The van der Waals surface area contributed by atoms with Crippen LogP contribution in [0.2, 0.25) is 0 Å². The van der Waals surface area contributed by atoms with Gasteiger partial charge in [0.25, 0.3) is 0 Å². The van der Waals surface area contributed by atoms with E-state index in [1.807, 2.05) is 12.1 Å². The van der Waals surface area contributed by atoms with E-state index in [9.17, 15) is 4.57 Å². The first-order valence-electron chi connectivity index (χ1n) is 6.94. The smallest absolute Gasteiger partial charge is 0.415 e. The lowest BCUT2D eigenvalue weighted by atomic mass is 10.3. The Kier molecular flexibility index (Phi) is 6.78. The molecule has 0 aromatic heterocycles. The zero-order valence-corrected chi connectivity index (χ0v) is 13.7. The van der Waals surface area contributed by atoms with Gasteiger partial charge in [0.15, 0.2) is 6.35 Å². The highest BCUT2D eigenvalue weighted by atomic mass is 35.5. The fourth-order valence-corrected chi connectivity index (χ4v) is 3.18. The highest BCUT2D eigenvalue weighted by molar-refractivity contribution is 7.54. The molecule has 0 radical (unpaired) electrons. The summed E-state index contributed by atoms with van der Waals surface area (Å²) in [5.74, 6) is 1.44. The molecule has 2 aromatic carbocycles. The van der Waals surface area contributed by atoms with Gasteiger partial charge >= 0.3 is 7.60 Å². The Balaban J connectivity index is 2.07. The molecule has 0 unspecified atom stereocenters. The summed E-state index contributed by atoms with van der Waals surface area (Å²) in [6, 6.07) is 17.8. The SMILES string of the molecule is O=P(COCCCCl)(Oc1ccccc1)Oc1ccccc1. The lowest BCUT2D eigenvalue weighted by molar-refractivity contribution is 0.161. The van der Waals surface area contributed by atoms with Crippen LogP contribution in [0.25, 0.3) is 0 Å². The number of para-hydroxylation sites is 2. The summed E-state index contributed by atoms with van der Waals surface area (Å²) in [6.45, 7) is 0.407. The normalized spacial score (nSPS) is 11.1. The Hall–Kier alpha value is -1.48. The molecule has 0 saturated heterocycles. The van der Waals surface area contributed by atoms with E-state index in [1.54, 1.807) is 48.5 Å². The summed E-state index contributed by atoms with van der Waals surface area (Å²) >= 11 is 5.60. The van der Waals surface area contributed by atoms with Gasteiger partial charge in [-0.2, -0.15) is 0 Å². The number of benzene rings is 2. The lowest BCUT2D eigenvalue weighted by Gasteiger charge is -2.20. The summed E-state index contributed by atoms with van der Waals surface area (Å²) < 4.78 is 29.4. The van der Waals surface area contributed by atoms with Crippen LogP contribution in [-0.2, 0) is 9.30 Å². The van der Waals surface area contributed by atoms with E-state index in [-0.39, 0.29) is 6.35 Å². The third kappa shape index (κ3) is 5.72. The van der Waals surface area contributed by atoms with Crippen LogP contribution in [0, 0.1) is 0 Å². The summed E-state index contributed by atoms with van der Waals surface area (Å²) in [6.07, 6.45) is 0.548. The zero-order chi connectivity index (χ0) is 15.7. The molecule has 118 valence electrons. The Labute approximate surface area is 135 Å². The molecule has 2 aromatic rings. The van der Waals surface area contributed by atoms with Crippen LogP contribution in [0.1, 0.15) is 6.42 Å². The highest BCUT2D eigenvalue weighted by Gasteiger charge is 2.28. The van der Waals surface area contributed by atoms with Crippen LogP contribution < -0.4 is 9.05 Å². The number of hydrogen-bond acceptors (Lipinski definition) is 4. The van der Waals surface area contributed by atoms with Crippen LogP contribution in [0.5, 0.6) is 11.5 Å². The topological polar surface area (TPSA) is 44.8 Å². The third-order valence-corrected chi connectivity index (χ3v) is 4.39. The first-order chi connectivity index (χ1) is 10.7. The van der Waals surface area contributed by atoms with Crippen molar-refractivity contribution in [1.82, 2.24) is 0 Å². The Morgan fingerprint density at radius 3 is 1.82 bits per heavy atom. The largest absolute Gasteiger partial charge is 0.456 e. The average molecular weight is 341 g/mol. The number of ether oxygens (including phenoxy) is 1. The van der Waals surface area contributed by atoms with Gasteiger partial charge in [-0.25, -0.2) is 4.57 Å². The molecule has 0 N–H and O–H groups in total. The maximum atomic E-state index is 12.9. The number of hydrogen-bond donors (Lipinski definition) is 0. The van der Waals surface area contributed by atoms with Gasteiger partial charge in [0.05, 0.1) is 0 Å². The Bertz CT molecular complexity index is 546. The molecule has 0 saturated carbocycles. The van der Waals surface area contributed by atoms with Crippen molar-refractivity contribution in [3.63, 3.8) is 0 Å². The van der Waals surface area contributed by atoms with Crippen molar-refractivity contribution in [3.05, 3.63) is 60.7 Å². The first-order valence-corrected chi connectivity index (χ1v) is 9.20. The van der Waals surface area contributed by atoms with Crippen molar-refractivity contribution in [1.29, 1.82) is 0 Å². The quantitative estimate of drug-likeness (QED) is 0.368. The second-order valence-electron chi connectivity index (χ2n) is 4.50. The minimum atomic E-state index is -3.47. The van der Waals surface area contributed by atoms with Gasteiger partial charge in [0, 0.05) is 12.5 Å². The molecule has 0 aliphatic rings. The molecule has 0 bridgehead atoms. The second kappa shape index (κ2) is 8.84. The molecule has 22 heavy (non-hydrogen) atoms. The fraction of sp³-hybridized carbons (Fsp3) is 0.250. The predicted octanol–water partition coefficient (Wildman–Crippen LogP) is 4.94. The summed E-state index contributed by atoms with van der Waals surface area (Å²) in [4.78, 5) is 0. The fourth-order valence-electron chi connectivity index (χ4n) is 1.69. The van der Waals surface area contributed by atoms with Crippen LogP contribution in [-0.4, -0.2) is 18.8 Å². The van der Waals surface area contributed by atoms with Crippen LogP contribution >= 0.6 is 19.2 Å². The van der Waals surface area contributed by atoms with Crippen molar-refractivity contribution < 1.29 is 18.3 Å². The average Bonchev–Trinajstić information content (AvgIpc) is 2.53. The molecular weight excluding hydrogens is 323 g/mol. The van der Waals surface area contributed by atoms with Gasteiger partial charge in [-0.15, -0.1) is 11.6 Å². The van der Waals surface area contributed by atoms with E-state index >= 15 is 0 Å². The lowest BCUT2D eigenvalue weighted by Crippen LogP contribution is -2.08. The standard InChI is InChI=1S/C16H18ClO4P/c17-12-7-13-19-14-22(18,20-15-8-3-1-4-9-15)21-16-10-5-2-6-11-16/h1-6,8-11H,7,12-14H2. The van der Waals surface area contributed by atoms with E-state index in [0.717, 1.165) is 0 Å². The minimum absolute atomic E-state index is 0.131. The van der Waals surface area contributed by atoms with Crippen molar-refractivity contribution in [2.75, 3.05) is 18.8 Å². The maximum absolute atomic E-state index is 12.9. The molecular formula is C16H18ClO4P. The zero-order valence-electron chi connectivity index (χ0n) is 12.1. The molecule has 0 aliphatic heterocycles. The van der Waals surface area contributed by atoms with E-state index in [0.29, 0.717) is 30.4 Å². The van der Waals surface area contributed by atoms with Gasteiger partial charge in [-0.1, -0.05) is 36.4 Å². The maximum Gasteiger partial charge on any atom is 0.456 e. The van der Waals surface area contributed by atoms with Gasteiger partial charge in [0.2, 0.25) is 0 Å². The molecule has 0 fully saturated rings. The number of halogens is 1. The first kappa shape index (κ1) is 16.9. The molecule has 2 rings (SSSR count). The Morgan fingerprint density at radius 1 is 0.864 bits per heavy atom. The van der Waals surface area contributed by atoms with Crippen LogP contribution in [0.4, 0.5) is 0 Å². The van der Waals surface area contributed by atoms with Crippen LogP contribution in [0.15, 0.2) is 60.7 Å². The van der Waals surface area contributed by atoms with Crippen molar-refractivity contribution >= 4 is 19.2 Å². The second-order valence-corrected chi connectivity index (χ2v) is 6.72. The molecule has 0 spiro atoms. The molecule has 0 atom stereocenters. The molecule has 0 aliphatic carbocycles. The molecule has 6 heteroatoms. The van der Waals surface area contributed by atoms with Gasteiger partial charge < -0.3 is 13.8 Å². The molecule has 0 amide bonds. The van der Waals surface area contributed by atoms with E-state index in [1.165, 1.54) is 0 Å². The van der Waals surface area contributed by atoms with Gasteiger partial charge in [0.1, 0.15) is 11.5 Å². The Morgan fingerprint density at radius 2 is 1.36 bits per heavy atom. The van der Waals surface area contributed by atoms with E-state index in [2.05, 4.69) is 0 Å². The number of rotatable bonds is 9. The molecule has 4 nitrogen and oxygen atoms in total. The van der Waals surface area contributed by atoms with E-state index in [4.69, 9.17) is 25.4 Å². The summed E-state index contributed by atoms with van der Waals surface area (Å²) in [5.41, 5.74) is 0. The monoisotopic (exact) mass is 340 g/mol. The summed E-state index contributed by atoms with van der Waals surface area (Å²) in [7, 11) is -3.47. The predicted molar refractivity (Wildman–Crippen MR) is 87.9 cm³/mol. The van der Waals surface area contributed by atoms with Crippen molar-refractivity contribution in [2.24, 2.45) is 0 Å². The number of alkyl halides is 1. The van der Waals surface area contributed by atoms with E-state index < -0.39 is 7.60 Å². The van der Waals surface area contributed by atoms with Gasteiger partial charge in [-0.05, 0) is 30.7 Å². The van der Waals surface area contributed by atoms with Crippen LogP contribution in [0.3, 0.4) is 0 Å². The highest BCUT2D eigenvalue weighted by Crippen LogP contribution is 2.48. The third-order valence-electron chi connectivity index (χ3n) is 2.65. The minimum Gasteiger partial charge on any atom is -0.415 e. The van der Waals surface area contributed by atoms with Gasteiger partial charge in [-0.3, -0.25) is 0 Å². The van der Waals surface area contributed by atoms with Crippen molar-refractivity contribution in [2.45, 2.75) is 6.42 Å². The summed E-state index contributed by atoms with van der Waals surface area (Å²) in [5, 5.41) is 0.